The second-order valence-electron chi connectivity index (χ2n) is 4.42. The van der Waals surface area contributed by atoms with Crippen LogP contribution in [-0.2, 0) is 11.2 Å². The number of ether oxygens (including phenoxy) is 1. The maximum absolute atomic E-state index is 12.0. The summed E-state index contributed by atoms with van der Waals surface area (Å²) in [7, 11) is 1.60. The Morgan fingerprint density at radius 1 is 1.40 bits per heavy atom. The number of aromatic nitrogens is 3. The molecule has 102 valence electrons. The van der Waals surface area contributed by atoms with Crippen LogP contribution in [0.15, 0.2) is 18.2 Å². The normalized spacial score (nSPS) is 15.3. The van der Waals surface area contributed by atoms with E-state index in [0.29, 0.717) is 17.1 Å². The summed E-state index contributed by atoms with van der Waals surface area (Å²) in [5.74, 6) is 1.84. The van der Waals surface area contributed by atoms with Gasteiger partial charge < -0.3 is 10.1 Å². The molecule has 1 amide bonds. The molecule has 0 bridgehead atoms. The van der Waals surface area contributed by atoms with E-state index in [9.17, 15) is 4.79 Å². The first kappa shape index (κ1) is 12.4. The number of anilines is 1. The van der Waals surface area contributed by atoms with Gasteiger partial charge in [-0.05, 0) is 24.3 Å². The molecule has 0 spiro atoms. The van der Waals surface area contributed by atoms with Gasteiger partial charge in [-0.25, -0.2) is 4.98 Å². The van der Waals surface area contributed by atoms with Crippen LogP contribution >= 0.6 is 0 Å². The van der Waals surface area contributed by atoms with Crippen LogP contribution in [0.2, 0.25) is 0 Å². The van der Waals surface area contributed by atoms with Crippen LogP contribution in [0.3, 0.4) is 0 Å². The van der Waals surface area contributed by atoms with Crippen LogP contribution in [-0.4, -0.2) is 28.2 Å². The maximum atomic E-state index is 12.0. The zero-order valence-electron chi connectivity index (χ0n) is 11.2. The van der Waals surface area contributed by atoms with Gasteiger partial charge in [0.25, 0.3) is 5.91 Å². The Morgan fingerprint density at radius 2 is 2.25 bits per heavy atom. The van der Waals surface area contributed by atoms with Gasteiger partial charge in [0.15, 0.2) is 5.82 Å². The highest BCUT2D eigenvalue weighted by Crippen LogP contribution is 2.35. The van der Waals surface area contributed by atoms with E-state index in [2.05, 4.69) is 20.5 Å². The summed E-state index contributed by atoms with van der Waals surface area (Å²) in [6, 6.07) is 5.46. The average molecular weight is 270 g/mol. The molecule has 1 aromatic heterocycles. The van der Waals surface area contributed by atoms with Gasteiger partial charge in [0, 0.05) is 17.7 Å². The lowest BCUT2D eigenvalue weighted by atomic mass is 10.1. The van der Waals surface area contributed by atoms with Crippen LogP contribution < -0.4 is 10.1 Å². The molecular formula is C14H14N4O2. The number of hydrogen-bond acceptors (Lipinski definition) is 4. The Labute approximate surface area is 115 Å². The fourth-order valence-electron chi connectivity index (χ4n) is 2.10. The lowest BCUT2D eigenvalue weighted by Crippen LogP contribution is -2.03. The second-order valence-corrected chi connectivity index (χ2v) is 4.42. The quantitative estimate of drug-likeness (QED) is 0.834. The van der Waals surface area contributed by atoms with Crippen LogP contribution in [0.25, 0.3) is 11.6 Å². The van der Waals surface area contributed by atoms with Gasteiger partial charge >= 0.3 is 0 Å². The molecular weight excluding hydrogens is 256 g/mol. The predicted molar refractivity (Wildman–Crippen MR) is 75.3 cm³/mol. The van der Waals surface area contributed by atoms with E-state index in [1.54, 1.807) is 13.2 Å². The number of amides is 1. The van der Waals surface area contributed by atoms with E-state index < -0.39 is 0 Å². The van der Waals surface area contributed by atoms with E-state index in [4.69, 9.17) is 4.74 Å². The zero-order valence-corrected chi connectivity index (χ0v) is 11.2. The first-order chi connectivity index (χ1) is 9.71. The largest absolute Gasteiger partial charge is 0.497 e. The molecule has 0 aliphatic carbocycles. The van der Waals surface area contributed by atoms with Gasteiger partial charge in [-0.3, -0.25) is 9.89 Å². The van der Waals surface area contributed by atoms with Crippen molar-refractivity contribution in [3.8, 4) is 5.75 Å². The summed E-state index contributed by atoms with van der Waals surface area (Å²) in [5, 5.41) is 9.72. The number of methoxy groups -OCH3 is 1. The molecule has 1 aliphatic rings. The molecule has 2 heterocycles. The van der Waals surface area contributed by atoms with Crippen molar-refractivity contribution in [2.45, 2.75) is 13.3 Å². The Hall–Kier alpha value is -2.63. The first-order valence-corrected chi connectivity index (χ1v) is 6.34. The third-order valence-corrected chi connectivity index (χ3v) is 3.17. The van der Waals surface area contributed by atoms with Crippen LogP contribution in [0.5, 0.6) is 5.75 Å². The van der Waals surface area contributed by atoms with Gasteiger partial charge in [-0.15, -0.1) is 0 Å². The molecule has 2 N–H and O–H groups in total. The summed E-state index contributed by atoms with van der Waals surface area (Å²) in [5.41, 5.74) is 2.12. The molecule has 6 heteroatoms. The van der Waals surface area contributed by atoms with E-state index >= 15 is 0 Å². The number of aromatic amines is 1. The Kier molecular flexibility index (Phi) is 2.98. The summed E-state index contributed by atoms with van der Waals surface area (Å²) >= 11 is 0. The van der Waals surface area contributed by atoms with Crippen molar-refractivity contribution >= 4 is 23.2 Å². The van der Waals surface area contributed by atoms with Crippen molar-refractivity contribution < 1.29 is 9.53 Å². The zero-order chi connectivity index (χ0) is 14.1. The molecule has 6 nitrogen and oxygen atoms in total. The highest BCUT2D eigenvalue weighted by Gasteiger charge is 2.25. The number of hydrogen-bond donors (Lipinski definition) is 2. The van der Waals surface area contributed by atoms with Crippen molar-refractivity contribution in [1.29, 1.82) is 0 Å². The lowest BCUT2D eigenvalue weighted by molar-refractivity contribution is -0.110. The molecule has 1 aliphatic heterocycles. The Balaban J connectivity index is 2.04. The number of fused-ring (bicyclic) bond motifs is 1. The topological polar surface area (TPSA) is 79.9 Å². The number of aryl methyl sites for hydroxylation is 1. The summed E-state index contributed by atoms with van der Waals surface area (Å²) < 4.78 is 5.19. The minimum absolute atomic E-state index is 0.156. The minimum atomic E-state index is -0.156. The number of rotatable bonds is 3. The van der Waals surface area contributed by atoms with Crippen molar-refractivity contribution in [2.24, 2.45) is 0 Å². The number of nitrogens with one attached hydrogen (secondary N) is 2. The fraction of sp³-hybridized carbons (Fsp3) is 0.214. The van der Waals surface area contributed by atoms with E-state index in [1.165, 1.54) is 0 Å². The number of carbonyl (C=O) groups excluding carboxylic acids is 1. The highest BCUT2D eigenvalue weighted by molar-refractivity contribution is 6.34. The molecule has 0 saturated carbocycles. The number of nitrogens with zero attached hydrogens (tertiary/aromatic N) is 2. The molecule has 0 saturated heterocycles. The van der Waals surface area contributed by atoms with Gasteiger partial charge in [0.1, 0.15) is 11.6 Å². The monoisotopic (exact) mass is 270 g/mol. The molecule has 0 radical (unpaired) electrons. The average Bonchev–Trinajstić information content (AvgIpc) is 3.04. The molecule has 0 fully saturated rings. The van der Waals surface area contributed by atoms with E-state index in [1.807, 2.05) is 25.1 Å². The van der Waals surface area contributed by atoms with Crippen molar-refractivity contribution in [2.75, 3.05) is 12.4 Å². The number of benzene rings is 1. The third-order valence-electron chi connectivity index (χ3n) is 3.17. The van der Waals surface area contributed by atoms with Crippen molar-refractivity contribution in [3.63, 3.8) is 0 Å². The van der Waals surface area contributed by atoms with Crippen molar-refractivity contribution in [3.05, 3.63) is 35.4 Å². The predicted octanol–water partition coefficient (Wildman–Crippen LogP) is 1.87. The highest BCUT2D eigenvalue weighted by atomic mass is 16.5. The second kappa shape index (κ2) is 4.80. The first-order valence-electron chi connectivity index (χ1n) is 6.34. The SMILES string of the molecule is CCc1nc(/C=C2\C(=O)Nc3ccc(OC)cc32)n[nH]1. The summed E-state index contributed by atoms with van der Waals surface area (Å²) in [6.07, 6.45) is 2.45. The molecule has 2 aromatic rings. The van der Waals surface area contributed by atoms with Crippen molar-refractivity contribution in [1.82, 2.24) is 15.2 Å². The maximum Gasteiger partial charge on any atom is 0.256 e. The third kappa shape index (κ3) is 2.05. The van der Waals surface area contributed by atoms with Gasteiger partial charge in [0.05, 0.1) is 12.7 Å². The molecule has 0 unspecified atom stereocenters. The standard InChI is InChI=1S/C14H14N4O2/c1-3-12-16-13(18-17-12)7-10-9-6-8(20-2)4-5-11(9)15-14(10)19/h4-7H,3H2,1-2H3,(H,15,19)(H,16,17,18)/b10-7-. The smallest absolute Gasteiger partial charge is 0.256 e. The number of carbonyl (C=O) groups is 1. The molecule has 3 rings (SSSR count). The van der Waals surface area contributed by atoms with E-state index in [-0.39, 0.29) is 5.91 Å². The Bertz CT molecular complexity index is 703. The van der Waals surface area contributed by atoms with Crippen LogP contribution in [0.1, 0.15) is 24.1 Å². The van der Waals surface area contributed by atoms with Gasteiger partial charge in [-0.2, -0.15) is 5.10 Å². The van der Waals surface area contributed by atoms with Gasteiger partial charge in [-0.1, -0.05) is 6.92 Å². The van der Waals surface area contributed by atoms with Crippen LogP contribution in [0, 0.1) is 0 Å². The fourth-order valence-corrected chi connectivity index (χ4v) is 2.10. The Morgan fingerprint density at radius 3 is 2.95 bits per heavy atom. The van der Waals surface area contributed by atoms with Gasteiger partial charge in [0.2, 0.25) is 0 Å². The summed E-state index contributed by atoms with van der Waals surface area (Å²) in [4.78, 5) is 16.3. The minimum Gasteiger partial charge on any atom is -0.497 e. The number of H-pyrrole nitrogens is 1. The molecule has 1 aromatic carbocycles. The summed E-state index contributed by atoms with van der Waals surface area (Å²) in [6.45, 7) is 1.99. The molecule has 0 atom stereocenters. The van der Waals surface area contributed by atoms with Crippen LogP contribution in [0.4, 0.5) is 5.69 Å². The lowest BCUT2D eigenvalue weighted by Gasteiger charge is -2.02. The molecule has 20 heavy (non-hydrogen) atoms. The van der Waals surface area contributed by atoms with E-state index in [0.717, 1.165) is 23.5 Å².